The molecule has 0 fully saturated rings. The van der Waals surface area contributed by atoms with E-state index < -0.39 is 0 Å². The van der Waals surface area contributed by atoms with Gasteiger partial charge in [-0.15, -0.1) is 11.3 Å². The van der Waals surface area contributed by atoms with Gasteiger partial charge in [0.15, 0.2) is 0 Å². The second kappa shape index (κ2) is 7.20. The summed E-state index contributed by atoms with van der Waals surface area (Å²) in [4.78, 5) is 15.3. The lowest BCUT2D eigenvalue weighted by atomic mass is 9.86. The fraction of sp³-hybridized carbons (Fsp3) is 0.312. The molecule has 0 aliphatic carbocycles. The lowest BCUT2D eigenvalue weighted by Gasteiger charge is -2.33. The van der Waals surface area contributed by atoms with E-state index in [4.69, 9.17) is 11.6 Å². The Hall–Kier alpha value is -0.110. The molecule has 2 heterocycles. The van der Waals surface area contributed by atoms with Crippen molar-refractivity contribution in [3.05, 3.63) is 56.2 Å². The molecule has 1 aliphatic rings. The number of carbonyl (C=O) groups is 1. The lowest BCUT2D eigenvalue weighted by molar-refractivity contribution is -0.129. The molecule has 3 rings (SSSR count). The van der Waals surface area contributed by atoms with Crippen molar-refractivity contribution in [2.75, 3.05) is 11.9 Å². The maximum atomic E-state index is 12.2. The van der Waals surface area contributed by atoms with E-state index in [0.717, 1.165) is 15.3 Å². The zero-order chi connectivity index (χ0) is 15.7. The quantitative estimate of drug-likeness (QED) is 0.410. The van der Waals surface area contributed by atoms with Gasteiger partial charge in [-0.05, 0) is 22.8 Å². The minimum atomic E-state index is 0.132. The summed E-state index contributed by atoms with van der Waals surface area (Å²) >= 11 is 13.5. The summed E-state index contributed by atoms with van der Waals surface area (Å²) in [5.41, 5.74) is 3.92. The Morgan fingerprint density at radius 1 is 1.41 bits per heavy atom. The number of thiophene rings is 1. The summed E-state index contributed by atoms with van der Waals surface area (Å²) in [6.45, 7) is 1.39. The molecule has 0 N–H and O–H groups in total. The highest BCUT2D eigenvalue weighted by molar-refractivity contribution is 14.1. The predicted octanol–water partition coefficient (Wildman–Crippen LogP) is 5.21. The molecule has 0 saturated heterocycles. The van der Waals surface area contributed by atoms with Gasteiger partial charge in [0.1, 0.15) is 0 Å². The standard InChI is InChI=1S/C16H14BrClINOS/c17-6-16(21)20-8-13(11-4-2-1-3-10(11)7-19)12-5-15(18)22-14(12)9-20/h1-5,13H,6-9H2/t13-/m1/s1. The van der Waals surface area contributed by atoms with E-state index in [1.807, 2.05) is 4.90 Å². The summed E-state index contributed by atoms with van der Waals surface area (Å²) < 4.78 is 1.76. The van der Waals surface area contributed by atoms with Crippen LogP contribution in [0.25, 0.3) is 0 Å². The molecule has 1 aliphatic heterocycles. The van der Waals surface area contributed by atoms with Crippen molar-refractivity contribution >= 4 is 67.4 Å². The second-order valence-electron chi connectivity index (χ2n) is 5.22. The number of benzene rings is 1. The molecule has 1 atom stereocenters. The van der Waals surface area contributed by atoms with Gasteiger partial charge < -0.3 is 4.90 Å². The number of hydrogen-bond donors (Lipinski definition) is 0. The third kappa shape index (κ3) is 3.23. The molecule has 22 heavy (non-hydrogen) atoms. The van der Waals surface area contributed by atoms with Gasteiger partial charge in [-0.2, -0.15) is 0 Å². The Bertz CT molecular complexity index is 705. The highest BCUT2D eigenvalue weighted by Gasteiger charge is 2.31. The van der Waals surface area contributed by atoms with Crippen LogP contribution in [0.1, 0.15) is 27.5 Å². The van der Waals surface area contributed by atoms with Crippen LogP contribution >= 0.6 is 61.5 Å². The van der Waals surface area contributed by atoms with Crippen molar-refractivity contribution in [3.8, 4) is 0 Å². The normalized spacial score (nSPS) is 17.4. The Kier molecular flexibility index (Phi) is 5.47. The molecule has 0 bridgehead atoms. The maximum Gasteiger partial charge on any atom is 0.233 e. The van der Waals surface area contributed by atoms with Crippen LogP contribution < -0.4 is 0 Å². The molecule has 2 nitrogen and oxygen atoms in total. The minimum absolute atomic E-state index is 0.132. The number of hydrogen-bond acceptors (Lipinski definition) is 2. The van der Waals surface area contributed by atoms with E-state index in [0.29, 0.717) is 11.9 Å². The first-order valence-electron chi connectivity index (χ1n) is 6.89. The average Bonchev–Trinajstić information content (AvgIpc) is 2.93. The van der Waals surface area contributed by atoms with Gasteiger partial charge in [-0.3, -0.25) is 4.79 Å². The Morgan fingerprint density at radius 3 is 2.91 bits per heavy atom. The summed E-state index contributed by atoms with van der Waals surface area (Å²) in [6, 6.07) is 10.6. The largest absolute Gasteiger partial charge is 0.336 e. The number of fused-ring (bicyclic) bond motifs is 1. The van der Waals surface area contributed by atoms with Gasteiger partial charge in [0.25, 0.3) is 0 Å². The molecular formula is C16H14BrClINOS. The van der Waals surface area contributed by atoms with Crippen LogP contribution in [0.4, 0.5) is 0 Å². The molecule has 0 radical (unpaired) electrons. The summed E-state index contributed by atoms with van der Waals surface area (Å²) in [5, 5.41) is 0.363. The number of alkyl halides is 2. The number of rotatable bonds is 3. The number of halogens is 3. The SMILES string of the molecule is O=C(CBr)N1Cc2sc(Cl)cc2[C@@H](c2ccccc2CI)C1. The molecule has 116 valence electrons. The van der Waals surface area contributed by atoms with Crippen LogP contribution in [0.2, 0.25) is 4.34 Å². The van der Waals surface area contributed by atoms with E-state index in [2.05, 4.69) is 68.9 Å². The molecule has 1 amide bonds. The first-order valence-corrected chi connectivity index (χ1v) is 10.7. The van der Waals surface area contributed by atoms with Gasteiger partial charge in [0.2, 0.25) is 5.91 Å². The average molecular weight is 511 g/mol. The topological polar surface area (TPSA) is 20.3 Å². The molecule has 2 aromatic rings. The van der Waals surface area contributed by atoms with E-state index in [9.17, 15) is 4.79 Å². The maximum absolute atomic E-state index is 12.2. The van der Waals surface area contributed by atoms with Crippen LogP contribution in [-0.4, -0.2) is 22.7 Å². The van der Waals surface area contributed by atoms with Gasteiger partial charge >= 0.3 is 0 Å². The first kappa shape index (κ1) is 16.7. The monoisotopic (exact) mass is 509 g/mol. The molecule has 0 unspecified atom stereocenters. The zero-order valence-corrected chi connectivity index (χ0v) is 17.0. The van der Waals surface area contributed by atoms with Crippen LogP contribution in [0.3, 0.4) is 0 Å². The molecule has 0 saturated carbocycles. The van der Waals surface area contributed by atoms with E-state index in [-0.39, 0.29) is 11.8 Å². The first-order chi connectivity index (χ1) is 10.6. The van der Waals surface area contributed by atoms with Crippen LogP contribution in [0, 0.1) is 0 Å². The highest BCUT2D eigenvalue weighted by Crippen LogP contribution is 2.41. The van der Waals surface area contributed by atoms with E-state index in [1.54, 1.807) is 11.3 Å². The van der Waals surface area contributed by atoms with Crippen molar-refractivity contribution in [3.63, 3.8) is 0 Å². The van der Waals surface area contributed by atoms with Gasteiger partial charge in [0.05, 0.1) is 16.2 Å². The smallest absolute Gasteiger partial charge is 0.233 e. The van der Waals surface area contributed by atoms with Gasteiger partial charge in [0, 0.05) is 21.8 Å². The second-order valence-corrected chi connectivity index (χ2v) is 8.31. The molecule has 0 spiro atoms. The Balaban J connectivity index is 2.06. The van der Waals surface area contributed by atoms with Crippen molar-refractivity contribution in [2.45, 2.75) is 16.9 Å². The van der Waals surface area contributed by atoms with E-state index >= 15 is 0 Å². The van der Waals surface area contributed by atoms with Crippen molar-refractivity contribution < 1.29 is 4.79 Å². The van der Waals surface area contributed by atoms with Crippen LogP contribution in [0.15, 0.2) is 30.3 Å². The van der Waals surface area contributed by atoms with Crippen LogP contribution in [-0.2, 0) is 15.8 Å². The summed E-state index contributed by atoms with van der Waals surface area (Å²) in [5.74, 6) is 0.341. The highest BCUT2D eigenvalue weighted by atomic mass is 127. The fourth-order valence-corrected chi connectivity index (χ4v) is 5.33. The number of carbonyl (C=O) groups excluding carboxylic acids is 1. The molecule has 1 aromatic heterocycles. The minimum Gasteiger partial charge on any atom is -0.336 e. The predicted molar refractivity (Wildman–Crippen MR) is 105 cm³/mol. The van der Waals surface area contributed by atoms with Crippen LogP contribution in [0.5, 0.6) is 0 Å². The number of amides is 1. The molecule has 6 heteroatoms. The van der Waals surface area contributed by atoms with Gasteiger partial charge in [-0.25, -0.2) is 0 Å². The van der Waals surface area contributed by atoms with E-state index in [1.165, 1.54) is 21.6 Å². The number of nitrogens with zero attached hydrogens (tertiary/aromatic N) is 1. The van der Waals surface area contributed by atoms with Crippen molar-refractivity contribution in [1.82, 2.24) is 4.90 Å². The molecule has 1 aromatic carbocycles. The van der Waals surface area contributed by atoms with Gasteiger partial charge in [-0.1, -0.05) is 74.4 Å². The third-order valence-corrected chi connectivity index (χ3v) is 6.53. The van der Waals surface area contributed by atoms with Crippen molar-refractivity contribution in [1.29, 1.82) is 0 Å². The van der Waals surface area contributed by atoms with Crippen molar-refractivity contribution in [2.24, 2.45) is 0 Å². The fourth-order valence-electron chi connectivity index (χ4n) is 2.92. The lowest BCUT2D eigenvalue weighted by Crippen LogP contribution is -2.38. The Labute approximate surface area is 161 Å². The zero-order valence-electron chi connectivity index (χ0n) is 11.7. The third-order valence-electron chi connectivity index (χ3n) is 3.97. The summed E-state index contributed by atoms with van der Waals surface area (Å²) in [6.07, 6.45) is 0. The molecular weight excluding hydrogens is 497 g/mol. The summed E-state index contributed by atoms with van der Waals surface area (Å²) in [7, 11) is 0. The Morgan fingerprint density at radius 2 is 2.18 bits per heavy atom.